The van der Waals surface area contributed by atoms with Crippen LogP contribution in [0, 0.1) is 12.8 Å². The first kappa shape index (κ1) is 59.8. The number of hydrogen-bond donors (Lipinski definition) is 4. The highest BCUT2D eigenvalue weighted by Gasteiger charge is 2.57. The van der Waals surface area contributed by atoms with Crippen LogP contribution in [0.15, 0.2) is 166 Å². The first-order valence-electron chi connectivity index (χ1n) is 27.9. The largest absolute Gasteiger partial charge is 0.497 e. The standard InChI is InChI=1S/C62H72N7O13PSi/c1-39(2)34-63-59-65-55-52(57(72)66-59)64-38-69(55)58-53(70)54(82-84(61(4,5)6,46-21-15-11-16-22-46)47-23-17-12-18-24-47)50(80-58)37-78-83(9,74)81-48-33-51(68-35-40(3)56(71)67-60(68)73)79-49(48)36-77-62(41-19-13-10-14-20-41,42-25-29-44(75-7)30-26-42)43-27-31-45(76-8)32-28-43/h10-32,35,38-39,48-51,53-54,58,70H,33-34,36-37H2,1-9H3,(H,67,71,73)(H2,63,65,66,72)/t48-,49+,50+,51+,53+,54+,58+,83?/m0/s1. The monoisotopic (exact) mass is 1180 g/mol. The molecular formula is C62H72N7O13PSi. The molecule has 0 amide bonds. The smallest absolute Gasteiger partial charge is 0.330 e. The predicted molar refractivity (Wildman–Crippen MR) is 321 cm³/mol. The van der Waals surface area contributed by atoms with Crippen molar-refractivity contribution >= 4 is 43.4 Å². The third-order valence-corrected chi connectivity index (χ3v) is 21.8. The number of aliphatic hydroxyl groups is 1. The second kappa shape index (κ2) is 24.7. The van der Waals surface area contributed by atoms with Crippen molar-refractivity contribution in [3.05, 3.63) is 205 Å². The molecule has 0 radical (unpaired) electrons. The van der Waals surface area contributed by atoms with Gasteiger partial charge in [-0.15, -0.1) is 0 Å². The SMILES string of the molecule is COc1ccc(C(OC[C@H]2O[C@@H](n3cc(C)c(=O)[nH]c3=O)C[C@@H]2OP(C)(=O)OC[C@H]2O[C@@H](n3cnc4c(=O)[nH]c(NCC(C)C)nc43)[C@H](O)[C@@H]2O[Si](c2ccccc2)(c2ccccc2)C(C)(C)C)(c2ccccc2)c2ccc(OC)cc2)cc1. The number of anilines is 1. The van der Waals surface area contributed by atoms with Crippen LogP contribution < -0.4 is 42.0 Å². The summed E-state index contributed by atoms with van der Waals surface area (Å²) in [4.78, 5) is 54.0. The van der Waals surface area contributed by atoms with E-state index in [4.69, 9.17) is 42.1 Å². The summed E-state index contributed by atoms with van der Waals surface area (Å²) in [6.07, 6.45) is -5.27. The Hall–Kier alpha value is -7.30. The van der Waals surface area contributed by atoms with Crippen molar-refractivity contribution in [1.29, 1.82) is 0 Å². The third-order valence-electron chi connectivity index (χ3n) is 15.5. The van der Waals surface area contributed by atoms with Crippen molar-refractivity contribution in [3.8, 4) is 11.5 Å². The Bertz CT molecular complexity index is 3680. The minimum Gasteiger partial charge on any atom is -0.497 e. The molecule has 84 heavy (non-hydrogen) atoms. The first-order valence-corrected chi connectivity index (χ1v) is 31.8. The number of H-pyrrole nitrogens is 2. The van der Waals surface area contributed by atoms with Crippen LogP contribution in [0.2, 0.25) is 5.04 Å². The van der Waals surface area contributed by atoms with E-state index < -0.39 is 92.9 Å². The van der Waals surface area contributed by atoms with Crippen molar-refractivity contribution in [3.63, 3.8) is 0 Å². The molecule has 8 atom stereocenters. The lowest BCUT2D eigenvalue weighted by Crippen LogP contribution is -2.69. The molecule has 2 aliphatic rings. The number of benzene rings is 5. The molecular weight excluding hydrogens is 1110 g/mol. The molecule has 2 saturated heterocycles. The fraction of sp³-hybridized carbons (Fsp3) is 0.371. The Morgan fingerprint density at radius 2 is 1.33 bits per heavy atom. The van der Waals surface area contributed by atoms with E-state index in [0.29, 0.717) is 18.0 Å². The maximum Gasteiger partial charge on any atom is 0.330 e. The number of hydrogen-bond acceptors (Lipinski definition) is 16. The average molecular weight is 1180 g/mol. The number of methoxy groups -OCH3 is 2. The van der Waals surface area contributed by atoms with E-state index >= 15 is 4.57 Å². The van der Waals surface area contributed by atoms with Gasteiger partial charge < -0.3 is 47.6 Å². The molecule has 4 N–H and O–H groups in total. The Morgan fingerprint density at radius 3 is 1.89 bits per heavy atom. The zero-order valence-corrected chi connectivity index (χ0v) is 50.4. The minimum absolute atomic E-state index is 0.0282. The van der Waals surface area contributed by atoms with Gasteiger partial charge in [0.15, 0.2) is 17.4 Å². The molecule has 2 aliphatic heterocycles. The van der Waals surface area contributed by atoms with Gasteiger partial charge in [0.05, 0.1) is 39.9 Å². The second-order valence-electron chi connectivity index (χ2n) is 22.7. The number of aromatic nitrogens is 6. The number of rotatable bonds is 22. The zero-order chi connectivity index (χ0) is 59.6. The van der Waals surface area contributed by atoms with E-state index in [2.05, 4.69) is 41.0 Å². The molecule has 10 rings (SSSR count). The van der Waals surface area contributed by atoms with Crippen molar-refractivity contribution in [2.45, 2.75) is 102 Å². The van der Waals surface area contributed by atoms with Crippen molar-refractivity contribution < 1.29 is 46.8 Å². The fourth-order valence-electron chi connectivity index (χ4n) is 11.3. The highest BCUT2D eigenvalue weighted by molar-refractivity contribution is 7.53. The summed E-state index contributed by atoms with van der Waals surface area (Å²) in [6.45, 7) is 13.2. The van der Waals surface area contributed by atoms with Gasteiger partial charge in [-0.25, -0.2) is 9.78 Å². The predicted octanol–water partition coefficient (Wildman–Crippen LogP) is 7.79. The van der Waals surface area contributed by atoms with E-state index in [1.807, 2.05) is 153 Å². The van der Waals surface area contributed by atoms with Crippen LogP contribution in [0.3, 0.4) is 0 Å². The maximum atomic E-state index is 15.3. The minimum atomic E-state index is -4.23. The maximum absolute atomic E-state index is 15.3. The van der Waals surface area contributed by atoms with E-state index in [-0.39, 0.29) is 41.6 Å². The molecule has 1 unspecified atom stereocenters. The molecule has 8 aromatic rings. The number of imidazole rings is 1. The summed E-state index contributed by atoms with van der Waals surface area (Å²) in [5, 5.41) is 17.3. The molecule has 0 spiro atoms. The lowest BCUT2D eigenvalue weighted by atomic mass is 9.80. The summed E-state index contributed by atoms with van der Waals surface area (Å²) in [7, 11) is -4.52. The lowest BCUT2D eigenvalue weighted by Gasteiger charge is -2.45. The molecule has 0 bridgehead atoms. The molecule has 442 valence electrons. The number of aromatic amines is 2. The number of nitrogens with zero attached hydrogens (tertiary/aromatic N) is 4. The fourth-order valence-corrected chi connectivity index (χ4v) is 17.2. The van der Waals surface area contributed by atoms with Crippen LogP contribution in [-0.4, -0.2) is 114 Å². The van der Waals surface area contributed by atoms with Crippen LogP contribution >= 0.6 is 7.60 Å². The van der Waals surface area contributed by atoms with Crippen molar-refractivity contribution in [1.82, 2.24) is 29.1 Å². The number of nitrogens with one attached hydrogen (secondary N) is 3. The molecule has 5 aromatic carbocycles. The van der Waals surface area contributed by atoms with Gasteiger partial charge in [-0.3, -0.25) is 33.3 Å². The third kappa shape index (κ3) is 12.0. The molecule has 20 nitrogen and oxygen atoms in total. The molecule has 22 heteroatoms. The Balaban J connectivity index is 1.01. The van der Waals surface area contributed by atoms with Crippen LogP contribution in [0.5, 0.6) is 11.5 Å². The van der Waals surface area contributed by atoms with Crippen LogP contribution in [0.1, 0.15) is 75.7 Å². The van der Waals surface area contributed by atoms with Gasteiger partial charge in [0, 0.05) is 31.4 Å². The van der Waals surface area contributed by atoms with Gasteiger partial charge in [-0.2, -0.15) is 4.98 Å². The summed E-state index contributed by atoms with van der Waals surface area (Å²) in [5.41, 5.74) is -0.361. The molecule has 2 fully saturated rings. The number of aryl methyl sites for hydroxylation is 1. The lowest BCUT2D eigenvalue weighted by molar-refractivity contribution is -0.0932. The second-order valence-corrected chi connectivity index (χ2v) is 28.9. The van der Waals surface area contributed by atoms with Crippen LogP contribution in [-0.2, 0) is 37.9 Å². The molecule has 5 heterocycles. The van der Waals surface area contributed by atoms with Gasteiger partial charge in [-0.1, -0.05) is 150 Å². The van der Waals surface area contributed by atoms with E-state index in [1.54, 1.807) is 21.1 Å². The topological polar surface area (TPSA) is 242 Å². The van der Waals surface area contributed by atoms with Crippen molar-refractivity contribution in [2.24, 2.45) is 5.92 Å². The van der Waals surface area contributed by atoms with Gasteiger partial charge in [0.1, 0.15) is 47.7 Å². The average Bonchev–Trinajstić information content (AvgIpc) is 1.32. The Labute approximate surface area is 487 Å². The van der Waals surface area contributed by atoms with E-state index in [1.165, 1.54) is 28.3 Å². The van der Waals surface area contributed by atoms with E-state index in [0.717, 1.165) is 27.1 Å². The highest BCUT2D eigenvalue weighted by atomic mass is 31.2. The van der Waals surface area contributed by atoms with Gasteiger partial charge in [0.25, 0.3) is 19.4 Å². The summed E-state index contributed by atoms with van der Waals surface area (Å²) in [5.74, 6) is 1.71. The summed E-state index contributed by atoms with van der Waals surface area (Å²) < 4.78 is 70.8. The Morgan fingerprint density at radius 1 is 0.762 bits per heavy atom. The Kier molecular flexibility index (Phi) is 17.6. The quantitative estimate of drug-likeness (QED) is 0.0288. The molecule has 0 saturated carbocycles. The van der Waals surface area contributed by atoms with Crippen LogP contribution in [0.25, 0.3) is 11.2 Å². The highest BCUT2D eigenvalue weighted by Crippen LogP contribution is 2.51. The first-order chi connectivity index (χ1) is 40.2. The molecule has 0 aliphatic carbocycles. The van der Waals surface area contributed by atoms with Gasteiger partial charge >= 0.3 is 13.3 Å². The van der Waals surface area contributed by atoms with Gasteiger partial charge in [-0.05, 0) is 69.2 Å². The van der Waals surface area contributed by atoms with Gasteiger partial charge in [0.2, 0.25) is 5.95 Å². The van der Waals surface area contributed by atoms with Crippen LogP contribution in [0.4, 0.5) is 5.95 Å². The van der Waals surface area contributed by atoms with E-state index in [9.17, 15) is 19.5 Å². The van der Waals surface area contributed by atoms with Crippen molar-refractivity contribution in [2.75, 3.05) is 46.0 Å². The summed E-state index contributed by atoms with van der Waals surface area (Å²) in [6, 6.07) is 44.6. The number of fused-ring (bicyclic) bond motifs is 1. The normalized spacial score (nSPS) is 21.0. The summed E-state index contributed by atoms with van der Waals surface area (Å²) >= 11 is 0. The number of ether oxygens (including phenoxy) is 5. The number of aliphatic hydroxyl groups excluding tert-OH is 1. The zero-order valence-electron chi connectivity index (χ0n) is 48.5. The molecule has 3 aromatic heterocycles.